The third kappa shape index (κ3) is 3.48. The molecular weight excluding hydrogens is 264 g/mol. The van der Waals surface area contributed by atoms with E-state index in [-0.39, 0.29) is 5.41 Å². The maximum absolute atomic E-state index is 11.5. The Bertz CT molecular complexity index is 587. The number of aromatic hydroxyl groups is 1. The molecule has 2 N–H and O–H groups in total. The molecular formula is C14H22O4S. The molecule has 0 saturated heterocycles. The van der Waals surface area contributed by atoms with Crippen molar-refractivity contribution in [3.8, 4) is 5.75 Å². The summed E-state index contributed by atoms with van der Waals surface area (Å²) in [6, 6.07) is 3.14. The van der Waals surface area contributed by atoms with Gasteiger partial charge in [0.1, 0.15) is 10.6 Å². The SMILES string of the molecule is CC(C)(C)c1cc(O)c(S(=O)(=O)O)c(C(C)(C)C)c1. The van der Waals surface area contributed by atoms with Crippen LogP contribution in [-0.4, -0.2) is 18.1 Å². The molecule has 0 unspecified atom stereocenters. The van der Waals surface area contributed by atoms with Gasteiger partial charge < -0.3 is 5.11 Å². The normalized spacial score (nSPS) is 13.6. The van der Waals surface area contributed by atoms with Crippen molar-refractivity contribution >= 4 is 10.1 Å². The van der Waals surface area contributed by atoms with Gasteiger partial charge in [0, 0.05) is 0 Å². The molecule has 0 heterocycles. The van der Waals surface area contributed by atoms with Gasteiger partial charge in [-0.05, 0) is 28.0 Å². The minimum atomic E-state index is -4.46. The molecule has 1 aromatic rings. The van der Waals surface area contributed by atoms with Gasteiger partial charge in [-0.1, -0.05) is 47.6 Å². The first kappa shape index (κ1) is 16.0. The largest absolute Gasteiger partial charge is 0.506 e. The van der Waals surface area contributed by atoms with E-state index in [1.807, 2.05) is 41.5 Å². The quantitative estimate of drug-likeness (QED) is 0.777. The fraction of sp³-hybridized carbons (Fsp3) is 0.571. The van der Waals surface area contributed by atoms with Crippen LogP contribution in [0.1, 0.15) is 52.7 Å². The lowest BCUT2D eigenvalue weighted by molar-refractivity contribution is 0.429. The van der Waals surface area contributed by atoms with Crippen molar-refractivity contribution in [1.29, 1.82) is 0 Å². The Kier molecular flexibility index (Phi) is 3.78. The molecule has 0 aliphatic carbocycles. The second-order valence-corrected chi connectivity index (χ2v) is 8.21. The Labute approximate surface area is 115 Å². The van der Waals surface area contributed by atoms with Crippen molar-refractivity contribution in [3.63, 3.8) is 0 Å². The molecule has 0 aliphatic heterocycles. The highest BCUT2D eigenvalue weighted by Crippen LogP contribution is 2.38. The second kappa shape index (κ2) is 4.49. The topological polar surface area (TPSA) is 74.6 Å². The highest BCUT2D eigenvalue weighted by Gasteiger charge is 2.30. The number of phenolic OH excluding ortho intramolecular Hbond substituents is 1. The lowest BCUT2D eigenvalue weighted by atomic mass is 9.80. The van der Waals surface area contributed by atoms with Gasteiger partial charge in [0.05, 0.1) is 0 Å². The molecule has 0 aliphatic rings. The van der Waals surface area contributed by atoms with Crippen molar-refractivity contribution in [3.05, 3.63) is 23.3 Å². The van der Waals surface area contributed by atoms with Gasteiger partial charge >= 0.3 is 0 Å². The van der Waals surface area contributed by atoms with Gasteiger partial charge in [0.15, 0.2) is 0 Å². The van der Waals surface area contributed by atoms with Crippen LogP contribution in [0.15, 0.2) is 17.0 Å². The van der Waals surface area contributed by atoms with Gasteiger partial charge in [-0.15, -0.1) is 0 Å². The Morgan fingerprint density at radius 2 is 1.42 bits per heavy atom. The van der Waals surface area contributed by atoms with Crippen molar-refractivity contribution in [2.45, 2.75) is 57.3 Å². The molecule has 0 bridgehead atoms. The third-order valence-corrected chi connectivity index (χ3v) is 3.95. The van der Waals surface area contributed by atoms with E-state index < -0.39 is 26.2 Å². The van der Waals surface area contributed by atoms with Crippen LogP contribution in [0, 0.1) is 0 Å². The van der Waals surface area contributed by atoms with E-state index in [1.165, 1.54) is 6.07 Å². The van der Waals surface area contributed by atoms with E-state index in [1.54, 1.807) is 6.07 Å². The molecule has 0 radical (unpaired) electrons. The first-order valence-electron chi connectivity index (χ1n) is 6.10. The van der Waals surface area contributed by atoms with Crippen molar-refractivity contribution in [1.82, 2.24) is 0 Å². The molecule has 0 atom stereocenters. The van der Waals surface area contributed by atoms with E-state index in [4.69, 9.17) is 0 Å². The maximum atomic E-state index is 11.5. The lowest BCUT2D eigenvalue weighted by Gasteiger charge is -2.27. The van der Waals surface area contributed by atoms with Crippen molar-refractivity contribution < 1.29 is 18.1 Å². The third-order valence-electron chi connectivity index (χ3n) is 3.00. The van der Waals surface area contributed by atoms with Crippen LogP contribution in [0.25, 0.3) is 0 Å². The summed E-state index contributed by atoms with van der Waals surface area (Å²) in [5.41, 5.74) is 0.501. The monoisotopic (exact) mass is 286 g/mol. The Morgan fingerprint density at radius 3 is 1.74 bits per heavy atom. The molecule has 4 nitrogen and oxygen atoms in total. The zero-order valence-corrected chi connectivity index (χ0v) is 13.1. The average Bonchev–Trinajstić information content (AvgIpc) is 2.11. The van der Waals surface area contributed by atoms with Crippen LogP contribution >= 0.6 is 0 Å². The Balaban J connectivity index is 3.79. The average molecular weight is 286 g/mol. The molecule has 0 saturated carbocycles. The van der Waals surface area contributed by atoms with E-state index in [0.29, 0.717) is 5.56 Å². The van der Waals surface area contributed by atoms with Gasteiger partial charge in [-0.3, -0.25) is 4.55 Å². The summed E-state index contributed by atoms with van der Waals surface area (Å²) < 4.78 is 32.3. The first-order chi connectivity index (χ1) is 8.24. The molecule has 19 heavy (non-hydrogen) atoms. The summed E-state index contributed by atoms with van der Waals surface area (Å²) in [7, 11) is -4.46. The predicted molar refractivity (Wildman–Crippen MR) is 75.3 cm³/mol. The van der Waals surface area contributed by atoms with Crippen LogP contribution < -0.4 is 0 Å². The fourth-order valence-electron chi connectivity index (χ4n) is 1.87. The number of benzene rings is 1. The van der Waals surface area contributed by atoms with Gasteiger partial charge in [0.25, 0.3) is 10.1 Å². The number of rotatable bonds is 1. The molecule has 108 valence electrons. The standard InChI is InChI=1S/C14H22O4S/c1-13(2,3)9-7-10(14(4,5)6)12(11(15)8-9)19(16,17)18/h7-8,15H,1-6H3,(H,16,17,18). The van der Waals surface area contributed by atoms with Crippen LogP contribution in [0.3, 0.4) is 0 Å². The lowest BCUT2D eigenvalue weighted by Crippen LogP contribution is -2.20. The van der Waals surface area contributed by atoms with E-state index in [9.17, 15) is 18.1 Å². The zero-order chi connectivity index (χ0) is 15.2. The van der Waals surface area contributed by atoms with Crippen LogP contribution in [0.2, 0.25) is 0 Å². The van der Waals surface area contributed by atoms with Crippen LogP contribution in [0.4, 0.5) is 0 Å². The maximum Gasteiger partial charge on any atom is 0.298 e. The number of hydrogen-bond donors (Lipinski definition) is 2. The summed E-state index contributed by atoms with van der Waals surface area (Å²) in [6.07, 6.45) is 0. The second-order valence-electron chi connectivity index (χ2n) is 6.85. The van der Waals surface area contributed by atoms with Crippen molar-refractivity contribution in [2.24, 2.45) is 0 Å². The number of hydrogen-bond acceptors (Lipinski definition) is 3. The van der Waals surface area contributed by atoms with Crippen molar-refractivity contribution in [2.75, 3.05) is 0 Å². The van der Waals surface area contributed by atoms with Gasteiger partial charge in [0.2, 0.25) is 0 Å². The molecule has 1 aromatic carbocycles. The fourth-order valence-corrected chi connectivity index (χ4v) is 2.84. The predicted octanol–water partition coefficient (Wildman–Crippen LogP) is 3.23. The summed E-state index contributed by atoms with van der Waals surface area (Å²) in [5, 5.41) is 10.00. The van der Waals surface area contributed by atoms with Crippen LogP contribution in [-0.2, 0) is 20.9 Å². The van der Waals surface area contributed by atoms with Crippen LogP contribution in [0.5, 0.6) is 5.75 Å². The summed E-state index contributed by atoms with van der Waals surface area (Å²) in [6.45, 7) is 11.4. The molecule has 0 fully saturated rings. The molecule has 0 spiro atoms. The molecule has 0 amide bonds. The van der Waals surface area contributed by atoms with E-state index in [0.717, 1.165) is 5.56 Å². The van der Waals surface area contributed by atoms with E-state index in [2.05, 4.69) is 0 Å². The smallest absolute Gasteiger partial charge is 0.298 e. The minimum Gasteiger partial charge on any atom is -0.506 e. The minimum absolute atomic E-state index is 0.227. The Hall–Kier alpha value is -1.07. The summed E-state index contributed by atoms with van der Waals surface area (Å²) >= 11 is 0. The summed E-state index contributed by atoms with van der Waals surface area (Å²) in [5.74, 6) is -0.403. The zero-order valence-electron chi connectivity index (χ0n) is 12.3. The first-order valence-corrected chi connectivity index (χ1v) is 7.54. The van der Waals surface area contributed by atoms with Gasteiger partial charge in [-0.25, -0.2) is 0 Å². The number of phenols is 1. The summed E-state index contributed by atoms with van der Waals surface area (Å²) in [4.78, 5) is -0.395. The highest BCUT2D eigenvalue weighted by molar-refractivity contribution is 7.86. The van der Waals surface area contributed by atoms with Gasteiger partial charge in [-0.2, -0.15) is 8.42 Å². The highest BCUT2D eigenvalue weighted by atomic mass is 32.2. The molecule has 5 heteroatoms. The van der Waals surface area contributed by atoms with E-state index >= 15 is 0 Å². The molecule has 1 rings (SSSR count). The molecule has 0 aromatic heterocycles. The Morgan fingerprint density at radius 1 is 0.947 bits per heavy atom.